The first-order valence-electron chi connectivity index (χ1n) is 15.1. The number of carboxylic acid groups (broad SMARTS) is 1. The summed E-state index contributed by atoms with van der Waals surface area (Å²) in [5.41, 5.74) is 0.264. The molecular weight excluding hydrogens is 602 g/mol. The number of rotatable bonds is 14. The molecule has 45 heavy (non-hydrogen) atoms. The van der Waals surface area contributed by atoms with Crippen LogP contribution in [-0.4, -0.2) is 85.4 Å². The maximum atomic E-state index is 13.4. The van der Waals surface area contributed by atoms with Crippen molar-refractivity contribution in [1.29, 1.82) is 0 Å². The Morgan fingerprint density at radius 3 is 2.40 bits per heavy atom. The van der Waals surface area contributed by atoms with E-state index in [0.29, 0.717) is 31.2 Å². The van der Waals surface area contributed by atoms with Gasteiger partial charge in [0.25, 0.3) is 11.8 Å². The second kappa shape index (κ2) is 13.9. The minimum atomic E-state index is -1.10. The van der Waals surface area contributed by atoms with E-state index in [9.17, 15) is 39.0 Å². The first kappa shape index (κ1) is 33.8. The zero-order valence-electron chi connectivity index (χ0n) is 25.8. The summed E-state index contributed by atoms with van der Waals surface area (Å²) in [4.78, 5) is 76.9. The number of aliphatic hydroxyl groups excluding tert-OH is 1. The lowest BCUT2D eigenvalue weighted by atomic mass is 9.95. The number of aliphatic carboxylic acids is 1. The predicted octanol–water partition coefficient (Wildman–Crippen LogP) is 1.51. The van der Waals surface area contributed by atoms with Gasteiger partial charge < -0.3 is 36.4 Å². The molecule has 3 heterocycles. The molecule has 0 aromatic heterocycles. The van der Waals surface area contributed by atoms with E-state index in [4.69, 9.17) is 0 Å². The Hall–Kier alpha value is -4.07. The van der Waals surface area contributed by atoms with Crippen molar-refractivity contribution in [3.8, 4) is 0 Å². The van der Waals surface area contributed by atoms with Crippen molar-refractivity contribution in [2.75, 3.05) is 6.54 Å². The maximum absolute atomic E-state index is 13.4. The smallest absolute Gasteiger partial charge is 0.327 e. The van der Waals surface area contributed by atoms with Gasteiger partial charge in [-0.25, -0.2) is 4.79 Å². The number of nitrogens with one attached hydrogen (secondary N) is 4. The van der Waals surface area contributed by atoms with Crippen LogP contribution in [0.25, 0.3) is 0 Å². The van der Waals surface area contributed by atoms with Crippen LogP contribution in [0.5, 0.6) is 0 Å². The Morgan fingerprint density at radius 2 is 1.76 bits per heavy atom. The lowest BCUT2D eigenvalue weighted by Gasteiger charge is -2.44. The van der Waals surface area contributed by atoms with E-state index in [1.54, 1.807) is 44.2 Å². The van der Waals surface area contributed by atoms with Gasteiger partial charge in [-0.2, -0.15) is 0 Å². The third kappa shape index (κ3) is 7.43. The number of aliphatic hydroxyl groups is 1. The average molecular weight is 644 g/mol. The highest BCUT2D eigenvalue weighted by Crippen LogP contribution is 2.50. The third-order valence-electron chi connectivity index (χ3n) is 8.09. The van der Waals surface area contributed by atoms with E-state index < -0.39 is 63.9 Å². The molecule has 1 aromatic rings. The molecule has 0 bridgehead atoms. The predicted molar refractivity (Wildman–Crippen MR) is 166 cm³/mol. The maximum Gasteiger partial charge on any atom is 0.327 e. The van der Waals surface area contributed by atoms with E-state index in [1.165, 1.54) is 16.7 Å². The molecular formula is C31H41N5O8S. The molecule has 0 saturated carbocycles. The number of carbonyl (C=O) groups is 6. The molecule has 5 amide bonds. The van der Waals surface area contributed by atoms with Gasteiger partial charge >= 0.3 is 5.97 Å². The van der Waals surface area contributed by atoms with Crippen LogP contribution in [-0.2, 0) is 28.8 Å². The minimum absolute atomic E-state index is 0.110. The second-order valence-corrected chi connectivity index (χ2v) is 14.2. The number of hydrogen-bond acceptors (Lipinski definition) is 8. The van der Waals surface area contributed by atoms with Crippen LogP contribution in [0.1, 0.15) is 71.4 Å². The van der Waals surface area contributed by atoms with Gasteiger partial charge in [-0.1, -0.05) is 50.6 Å². The zero-order valence-corrected chi connectivity index (χ0v) is 26.6. The molecule has 3 aliphatic heterocycles. The van der Waals surface area contributed by atoms with Crippen molar-refractivity contribution in [2.24, 2.45) is 5.92 Å². The fourth-order valence-corrected chi connectivity index (χ4v) is 7.51. The van der Waals surface area contributed by atoms with Crippen molar-refractivity contribution in [2.45, 2.75) is 94.1 Å². The molecule has 2 saturated heterocycles. The van der Waals surface area contributed by atoms with Gasteiger partial charge in [0.15, 0.2) is 0 Å². The van der Waals surface area contributed by atoms with Crippen molar-refractivity contribution >= 4 is 47.3 Å². The van der Waals surface area contributed by atoms with Crippen molar-refractivity contribution in [3.05, 3.63) is 47.2 Å². The number of unbranched alkanes of at least 4 members (excludes halogenated alkanes) is 2. The molecule has 5 atom stereocenters. The lowest BCUT2D eigenvalue weighted by Crippen LogP contribution is -2.71. The summed E-state index contributed by atoms with van der Waals surface area (Å²) < 4.78 is -0.734. The number of nitrogens with zero attached hydrogens (tertiary/aromatic N) is 1. The van der Waals surface area contributed by atoms with Crippen LogP contribution in [0.3, 0.4) is 0 Å². The first-order chi connectivity index (χ1) is 21.2. The molecule has 0 spiro atoms. The number of carbonyl (C=O) groups excluding carboxylic acids is 5. The Balaban J connectivity index is 1.25. The monoisotopic (exact) mass is 643 g/mol. The van der Waals surface area contributed by atoms with Crippen LogP contribution >= 0.6 is 11.8 Å². The van der Waals surface area contributed by atoms with Crippen LogP contribution in [0.2, 0.25) is 0 Å². The van der Waals surface area contributed by atoms with Crippen LogP contribution in [0.4, 0.5) is 0 Å². The second-order valence-electron chi connectivity index (χ2n) is 12.5. The number of thioether (sulfide) groups is 1. The summed E-state index contributed by atoms with van der Waals surface area (Å²) in [6.45, 7) is 7.66. The van der Waals surface area contributed by atoms with E-state index in [1.807, 2.05) is 13.8 Å². The summed E-state index contributed by atoms with van der Waals surface area (Å²) in [6, 6.07) is 5.09. The lowest BCUT2D eigenvalue weighted by molar-refractivity contribution is -0.161. The summed E-state index contributed by atoms with van der Waals surface area (Å²) in [5.74, 6) is -3.78. The quantitative estimate of drug-likeness (QED) is 0.0990. The standard InChI is InChI=1S/C31H41N5O8S/c1-16(2)15-18-23(38)20(26(40)33-18)25(39)32-14-10-6-9-13-19(37)34-21(17-11-7-5-8-12-17)27(41)35-22-28(42)36-24(30(43)44)31(3,4)45-29(22)36/h5,7-8,11-12,16,18,21-22,24,29,38H,6,9-10,13-15H2,1-4H3,(H,32,39)(H,33,40)(H,34,37)(H,35,41)(H,43,44)/t18?,21-,22-,24+,29-/m1/s1. The number of amides is 5. The van der Waals surface area contributed by atoms with E-state index in [0.717, 1.165) is 0 Å². The van der Waals surface area contributed by atoms with Crippen molar-refractivity contribution < 1.29 is 39.0 Å². The van der Waals surface area contributed by atoms with Crippen molar-refractivity contribution in [1.82, 2.24) is 26.2 Å². The van der Waals surface area contributed by atoms with Crippen LogP contribution < -0.4 is 21.3 Å². The topological polar surface area (TPSA) is 194 Å². The molecule has 13 nitrogen and oxygen atoms in total. The number of benzene rings is 1. The van der Waals surface area contributed by atoms with Crippen molar-refractivity contribution in [3.63, 3.8) is 0 Å². The van der Waals surface area contributed by atoms with Crippen LogP contribution in [0, 0.1) is 5.92 Å². The fraction of sp³-hybridized carbons (Fsp3) is 0.548. The number of β-lactam (4-membered cyclic amide) rings is 1. The summed E-state index contributed by atoms with van der Waals surface area (Å²) in [7, 11) is 0. The number of hydrogen-bond donors (Lipinski definition) is 6. The Morgan fingerprint density at radius 1 is 1.07 bits per heavy atom. The number of carboxylic acids is 1. The molecule has 0 aliphatic carbocycles. The first-order valence-corrected chi connectivity index (χ1v) is 16.0. The normalized spacial score (nSPS) is 24.1. The summed E-state index contributed by atoms with van der Waals surface area (Å²) >= 11 is 1.32. The van der Waals surface area contributed by atoms with E-state index >= 15 is 0 Å². The Kier molecular flexibility index (Phi) is 10.5. The molecule has 244 valence electrons. The molecule has 4 rings (SSSR count). The summed E-state index contributed by atoms with van der Waals surface area (Å²) in [5, 5.41) is 30.2. The highest BCUT2D eigenvalue weighted by atomic mass is 32.2. The van der Waals surface area contributed by atoms with Gasteiger partial charge in [-0.05, 0) is 44.6 Å². The van der Waals surface area contributed by atoms with Gasteiger partial charge in [-0.3, -0.25) is 24.0 Å². The van der Waals surface area contributed by atoms with Gasteiger partial charge in [0, 0.05) is 17.7 Å². The number of fused-ring (bicyclic) bond motifs is 1. The molecule has 6 N–H and O–H groups in total. The van der Waals surface area contributed by atoms with Gasteiger partial charge in [-0.15, -0.1) is 11.8 Å². The Bertz CT molecular complexity index is 1380. The fourth-order valence-electron chi connectivity index (χ4n) is 5.89. The minimum Gasteiger partial charge on any atom is -0.509 e. The van der Waals surface area contributed by atoms with Gasteiger partial charge in [0.2, 0.25) is 17.7 Å². The molecule has 1 unspecified atom stereocenters. The molecule has 1 aromatic carbocycles. The van der Waals surface area contributed by atoms with Gasteiger partial charge in [0.05, 0.1) is 6.04 Å². The SMILES string of the molecule is CC(C)CC1NC(=O)C(C(=O)NCCCCCC(=O)N[C@@H](C(=O)N[C@@H]2C(=O)N3[C@@H]2SC(C)(C)[C@@H]3C(=O)O)c2ccccc2)=C1O. The molecule has 3 aliphatic rings. The average Bonchev–Trinajstić information content (AvgIpc) is 3.40. The van der Waals surface area contributed by atoms with Gasteiger partial charge in [0.1, 0.15) is 34.8 Å². The highest BCUT2D eigenvalue weighted by Gasteiger charge is 2.64. The molecule has 0 radical (unpaired) electrons. The highest BCUT2D eigenvalue weighted by molar-refractivity contribution is 8.01. The largest absolute Gasteiger partial charge is 0.509 e. The third-order valence-corrected chi connectivity index (χ3v) is 9.66. The van der Waals surface area contributed by atoms with Crippen LogP contribution in [0.15, 0.2) is 41.7 Å². The van der Waals surface area contributed by atoms with E-state index in [-0.39, 0.29) is 36.1 Å². The Labute approximate surface area is 265 Å². The van der Waals surface area contributed by atoms with E-state index in [2.05, 4.69) is 21.3 Å². The molecule has 14 heteroatoms. The molecule has 2 fully saturated rings. The summed E-state index contributed by atoms with van der Waals surface area (Å²) in [6.07, 6.45) is 2.20. The zero-order chi connectivity index (χ0) is 33.1.